The van der Waals surface area contributed by atoms with Crippen molar-refractivity contribution in [1.82, 2.24) is 0 Å². The summed E-state index contributed by atoms with van der Waals surface area (Å²) >= 11 is 0. The van der Waals surface area contributed by atoms with Gasteiger partial charge in [-0.1, -0.05) is 0 Å². The Balaban J connectivity index is 2.09. The van der Waals surface area contributed by atoms with Crippen molar-refractivity contribution in [2.45, 2.75) is 12.8 Å². The molecular formula is C22H26NO9+. The van der Waals surface area contributed by atoms with Gasteiger partial charge < -0.3 is 28.8 Å². The summed E-state index contributed by atoms with van der Waals surface area (Å²) in [6, 6.07) is 4.64. The number of nitrogens with one attached hydrogen (secondary N) is 1. The molecule has 3 N–H and O–H groups in total. The molecule has 1 atom stereocenters. The third kappa shape index (κ3) is 4.41. The summed E-state index contributed by atoms with van der Waals surface area (Å²) < 4.78 is 26.9. The smallest absolute Gasteiger partial charge is 0.340 e. The van der Waals surface area contributed by atoms with Crippen molar-refractivity contribution in [2.24, 2.45) is 0 Å². The molecule has 1 heterocycles. The zero-order valence-electron chi connectivity index (χ0n) is 18.3. The van der Waals surface area contributed by atoms with Crippen molar-refractivity contribution in [3.8, 4) is 28.7 Å². The first-order valence-electron chi connectivity index (χ1n) is 9.83. The van der Waals surface area contributed by atoms with E-state index in [2.05, 4.69) is 0 Å². The summed E-state index contributed by atoms with van der Waals surface area (Å²) in [4.78, 5) is 25.3. The summed E-state index contributed by atoms with van der Waals surface area (Å²) in [6.45, 7) is 0.396. The molecule has 1 aliphatic rings. The fraction of sp³-hybridized carbons (Fsp3) is 0.364. The molecular weight excluding hydrogens is 422 g/mol. The lowest BCUT2D eigenvalue weighted by atomic mass is 9.92. The van der Waals surface area contributed by atoms with E-state index in [1.54, 1.807) is 13.1 Å². The van der Waals surface area contributed by atoms with Crippen molar-refractivity contribution in [1.29, 1.82) is 0 Å². The molecule has 0 amide bonds. The molecule has 2 aromatic carbocycles. The Bertz CT molecular complexity index is 1030. The lowest BCUT2D eigenvalue weighted by Crippen LogP contribution is -3.06. The van der Waals surface area contributed by atoms with Gasteiger partial charge in [0.05, 0.1) is 28.4 Å². The number of rotatable bonds is 10. The second-order valence-electron chi connectivity index (χ2n) is 7.15. The highest BCUT2D eigenvalue weighted by atomic mass is 16.7. The van der Waals surface area contributed by atoms with Crippen LogP contribution in [0.4, 0.5) is 0 Å². The van der Waals surface area contributed by atoms with Crippen LogP contribution in [-0.4, -0.2) is 63.8 Å². The van der Waals surface area contributed by atoms with Gasteiger partial charge in [0, 0.05) is 24.0 Å². The molecule has 1 aliphatic heterocycles. The van der Waals surface area contributed by atoms with Crippen molar-refractivity contribution in [3.05, 3.63) is 40.5 Å². The van der Waals surface area contributed by atoms with Crippen LogP contribution in [0, 0.1) is 0 Å². The second kappa shape index (κ2) is 9.75. The third-order valence-electron chi connectivity index (χ3n) is 5.17. The van der Waals surface area contributed by atoms with Crippen LogP contribution >= 0.6 is 0 Å². The first-order valence-corrected chi connectivity index (χ1v) is 9.83. The number of fused-ring (bicyclic) bond motifs is 1. The molecule has 0 bridgehead atoms. The number of ketones is 1. The molecule has 32 heavy (non-hydrogen) atoms. The fourth-order valence-electron chi connectivity index (χ4n) is 3.68. The highest BCUT2D eigenvalue weighted by Gasteiger charge is 2.29. The van der Waals surface area contributed by atoms with Crippen LogP contribution in [0.1, 0.15) is 31.8 Å². The summed E-state index contributed by atoms with van der Waals surface area (Å²) in [5.74, 6) is -0.378. The van der Waals surface area contributed by atoms with Crippen molar-refractivity contribution in [2.75, 3.05) is 41.7 Å². The number of carbonyl (C=O) groups excluding carboxylic acids is 1. The Hall–Kier alpha value is -3.50. The SMILES string of the molecule is COc1ccc(C(=O)Cc2c(CC[NH+](C)O)cc3c(c2OC)OCO3)c(C(=O)O)c1OC. The van der Waals surface area contributed by atoms with Crippen molar-refractivity contribution >= 4 is 11.8 Å². The zero-order valence-corrected chi connectivity index (χ0v) is 18.3. The van der Waals surface area contributed by atoms with Crippen LogP contribution in [-0.2, 0) is 12.8 Å². The second-order valence-corrected chi connectivity index (χ2v) is 7.15. The van der Waals surface area contributed by atoms with Gasteiger partial charge >= 0.3 is 5.97 Å². The molecule has 0 aromatic heterocycles. The van der Waals surface area contributed by atoms with Gasteiger partial charge in [-0.15, -0.1) is 0 Å². The van der Waals surface area contributed by atoms with Gasteiger partial charge in [-0.3, -0.25) is 4.79 Å². The number of Topliss-reactive ketones (excluding diaryl/α,β-unsaturated/α-hetero) is 1. The van der Waals surface area contributed by atoms with E-state index in [0.717, 1.165) is 5.56 Å². The Kier molecular flexibility index (Phi) is 7.06. The summed E-state index contributed by atoms with van der Waals surface area (Å²) in [7, 11) is 5.75. The summed E-state index contributed by atoms with van der Waals surface area (Å²) in [5.41, 5.74) is 0.961. The Morgan fingerprint density at radius 2 is 1.81 bits per heavy atom. The number of methoxy groups -OCH3 is 3. The first kappa shape index (κ1) is 23.2. The number of carboxylic acid groups (broad SMARTS) is 1. The molecule has 0 radical (unpaired) electrons. The average Bonchev–Trinajstić information content (AvgIpc) is 3.24. The molecule has 10 heteroatoms. The maximum absolute atomic E-state index is 13.3. The number of aromatic carboxylic acids is 1. The van der Waals surface area contributed by atoms with Gasteiger partial charge in [0.25, 0.3) is 0 Å². The van der Waals surface area contributed by atoms with Gasteiger partial charge in [0.2, 0.25) is 12.5 Å². The Morgan fingerprint density at radius 3 is 2.41 bits per heavy atom. The van der Waals surface area contributed by atoms with E-state index >= 15 is 0 Å². The summed E-state index contributed by atoms with van der Waals surface area (Å²) in [6.07, 6.45) is 0.269. The quantitative estimate of drug-likeness (QED) is 0.361. The molecule has 3 rings (SSSR count). The van der Waals surface area contributed by atoms with E-state index in [0.29, 0.717) is 35.8 Å². The first-order chi connectivity index (χ1) is 15.3. The van der Waals surface area contributed by atoms with Crippen LogP contribution in [0.3, 0.4) is 0 Å². The fourth-order valence-corrected chi connectivity index (χ4v) is 3.68. The highest BCUT2D eigenvalue weighted by molar-refractivity contribution is 6.09. The number of hydrogen-bond donors (Lipinski definition) is 3. The van der Waals surface area contributed by atoms with Crippen LogP contribution < -0.4 is 28.7 Å². The molecule has 1 unspecified atom stereocenters. The van der Waals surface area contributed by atoms with Crippen LogP contribution in [0.2, 0.25) is 0 Å². The molecule has 0 saturated carbocycles. The van der Waals surface area contributed by atoms with E-state index in [-0.39, 0.29) is 40.9 Å². The van der Waals surface area contributed by atoms with E-state index in [9.17, 15) is 19.9 Å². The largest absolute Gasteiger partial charge is 0.493 e. The number of quaternary nitrogens is 1. The van der Waals surface area contributed by atoms with Crippen molar-refractivity contribution < 1.29 is 48.7 Å². The molecule has 172 valence electrons. The number of ether oxygens (including phenoxy) is 5. The van der Waals surface area contributed by atoms with Crippen molar-refractivity contribution in [3.63, 3.8) is 0 Å². The van der Waals surface area contributed by atoms with E-state index in [4.69, 9.17) is 23.7 Å². The van der Waals surface area contributed by atoms with Gasteiger partial charge in [0.1, 0.15) is 12.1 Å². The minimum Gasteiger partial charge on any atom is -0.493 e. The van der Waals surface area contributed by atoms with Crippen LogP contribution in [0.15, 0.2) is 18.2 Å². The van der Waals surface area contributed by atoms with Gasteiger partial charge in [-0.25, -0.2) is 10.0 Å². The maximum Gasteiger partial charge on any atom is 0.340 e. The van der Waals surface area contributed by atoms with Crippen LogP contribution in [0.5, 0.6) is 28.7 Å². The van der Waals surface area contributed by atoms with E-state index in [1.807, 2.05) is 0 Å². The van der Waals surface area contributed by atoms with Gasteiger partial charge in [0.15, 0.2) is 28.8 Å². The topological polar surface area (TPSA) is 125 Å². The maximum atomic E-state index is 13.3. The lowest BCUT2D eigenvalue weighted by Gasteiger charge is -2.17. The minimum absolute atomic E-state index is 0.0204. The third-order valence-corrected chi connectivity index (χ3v) is 5.17. The molecule has 0 fully saturated rings. The van der Waals surface area contributed by atoms with E-state index in [1.165, 1.54) is 33.5 Å². The van der Waals surface area contributed by atoms with E-state index < -0.39 is 11.8 Å². The normalized spacial score (nSPS) is 12.9. The standard InChI is InChI=1S/C22H25NO9/c1-23(27)8-7-12-9-17-21(32-11-31-17)19(29-3)14(12)10-15(24)13-5-6-16(28-2)20(30-4)18(13)22(25)26/h5-6,9,27H,7-8,10-11H2,1-4H3,(H,25,26)/p+1. The molecule has 2 aromatic rings. The zero-order chi connectivity index (χ0) is 23.4. The number of carbonyl (C=O) groups is 2. The Labute approximate surface area is 184 Å². The highest BCUT2D eigenvalue weighted by Crippen LogP contribution is 2.45. The predicted molar refractivity (Wildman–Crippen MR) is 111 cm³/mol. The minimum atomic E-state index is -1.31. The Morgan fingerprint density at radius 1 is 1.09 bits per heavy atom. The number of likely N-dealkylation sites (N-methyl/N-ethyl adjacent to an activating group) is 1. The molecule has 10 nitrogen and oxygen atoms in total. The van der Waals surface area contributed by atoms with Gasteiger partial charge in [-0.05, 0) is 23.8 Å². The van der Waals surface area contributed by atoms with Gasteiger partial charge in [-0.2, -0.15) is 5.06 Å². The monoisotopic (exact) mass is 448 g/mol. The number of hydrogen-bond acceptors (Lipinski definition) is 8. The average molecular weight is 448 g/mol. The summed E-state index contributed by atoms with van der Waals surface area (Å²) in [5, 5.41) is 19.7. The lowest BCUT2D eigenvalue weighted by molar-refractivity contribution is -1.07. The molecule has 0 saturated heterocycles. The molecule has 0 spiro atoms. The van der Waals surface area contributed by atoms with Crippen LogP contribution in [0.25, 0.3) is 0 Å². The number of carboxylic acids is 1. The molecule has 0 aliphatic carbocycles. The predicted octanol–water partition coefficient (Wildman–Crippen LogP) is 1.01. The number of benzene rings is 2. The number of hydroxylamine groups is 2.